The molecule has 0 atom stereocenters. The van der Waals surface area contributed by atoms with Crippen molar-refractivity contribution in [3.8, 4) is 0 Å². The van der Waals surface area contributed by atoms with Crippen molar-refractivity contribution in [2.45, 2.75) is 0 Å². The second-order valence-electron chi connectivity index (χ2n) is 2.84. The van der Waals surface area contributed by atoms with Crippen LogP contribution < -0.4 is 5.32 Å². The highest BCUT2D eigenvalue weighted by Crippen LogP contribution is 2.15. The number of amides is 1. The van der Waals surface area contributed by atoms with Crippen molar-refractivity contribution < 1.29 is 14.6 Å². The number of nitrogens with zero attached hydrogens (tertiary/aromatic N) is 2. The molecule has 0 aliphatic carbocycles. The summed E-state index contributed by atoms with van der Waals surface area (Å²) in [6.07, 6.45) is 0. The van der Waals surface area contributed by atoms with Gasteiger partial charge < -0.3 is 5.32 Å². The first kappa shape index (κ1) is 11.6. The van der Waals surface area contributed by atoms with Gasteiger partial charge in [-0.15, -0.1) is 0 Å². The SMILES string of the molecule is O=C(C[N+](=O)[O-])Nc1ccc([N+](=O)[O-])cc1. The number of hydrogen-bond donors (Lipinski definition) is 1. The summed E-state index contributed by atoms with van der Waals surface area (Å²) in [7, 11) is 0. The van der Waals surface area contributed by atoms with E-state index < -0.39 is 22.3 Å². The standard InChI is InChI=1S/C8H7N3O5/c12-8(5-10(13)14)9-6-1-3-7(4-2-6)11(15)16/h1-4H,5H2,(H,9,12). The molecule has 0 bridgehead atoms. The summed E-state index contributed by atoms with van der Waals surface area (Å²) in [4.78, 5) is 29.9. The smallest absolute Gasteiger partial charge is 0.296 e. The Bertz CT molecular complexity index is 428. The average molecular weight is 225 g/mol. The van der Waals surface area contributed by atoms with E-state index in [2.05, 4.69) is 5.32 Å². The molecule has 0 aromatic heterocycles. The number of non-ortho nitro benzene ring substituents is 1. The molecule has 0 unspecified atom stereocenters. The number of hydrogen-bond acceptors (Lipinski definition) is 5. The summed E-state index contributed by atoms with van der Waals surface area (Å²) < 4.78 is 0. The lowest BCUT2D eigenvalue weighted by Gasteiger charge is -2.01. The van der Waals surface area contributed by atoms with E-state index in [1.165, 1.54) is 24.3 Å². The number of nitro groups is 2. The molecule has 0 heterocycles. The molecule has 0 radical (unpaired) electrons. The monoisotopic (exact) mass is 225 g/mol. The Hall–Kier alpha value is -2.51. The van der Waals surface area contributed by atoms with Gasteiger partial charge in [-0.25, -0.2) is 0 Å². The summed E-state index contributed by atoms with van der Waals surface area (Å²) in [6.45, 7) is -0.836. The summed E-state index contributed by atoms with van der Waals surface area (Å²) in [5, 5.41) is 22.5. The Morgan fingerprint density at radius 3 is 2.19 bits per heavy atom. The van der Waals surface area contributed by atoms with E-state index in [0.717, 1.165) is 0 Å². The van der Waals surface area contributed by atoms with E-state index in [9.17, 15) is 25.0 Å². The van der Waals surface area contributed by atoms with Crippen molar-refractivity contribution in [3.05, 3.63) is 44.5 Å². The number of nitrogens with one attached hydrogen (secondary N) is 1. The van der Waals surface area contributed by atoms with Gasteiger partial charge in [0.05, 0.1) is 4.92 Å². The molecule has 0 saturated carbocycles. The van der Waals surface area contributed by atoms with Crippen molar-refractivity contribution in [2.24, 2.45) is 0 Å². The van der Waals surface area contributed by atoms with Gasteiger partial charge in [0, 0.05) is 22.7 Å². The number of nitro benzene ring substituents is 1. The Labute approximate surface area is 89.2 Å². The summed E-state index contributed by atoms with van der Waals surface area (Å²) in [6, 6.07) is 5.00. The van der Waals surface area contributed by atoms with Crippen LogP contribution in [-0.2, 0) is 4.79 Å². The first-order valence-corrected chi connectivity index (χ1v) is 4.15. The Kier molecular flexibility index (Phi) is 3.49. The van der Waals surface area contributed by atoms with Crippen LogP contribution in [0.4, 0.5) is 11.4 Å². The molecule has 8 heteroatoms. The fourth-order valence-electron chi connectivity index (χ4n) is 0.984. The lowest BCUT2D eigenvalue weighted by Crippen LogP contribution is -2.21. The zero-order valence-electron chi connectivity index (χ0n) is 7.95. The van der Waals surface area contributed by atoms with Crippen molar-refractivity contribution in [1.29, 1.82) is 0 Å². The Morgan fingerprint density at radius 2 is 1.75 bits per heavy atom. The zero-order valence-corrected chi connectivity index (χ0v) is 7.95. The number of carbonyl (C=O) groups is 1. The molecule has 1 amide bonds. The van der Waals surface area contributed by atoms with Crippen LogP contribution in [0, 0.1) is 20.2 Å². The molecule has 84 valence electrons. The lowest BCUT2D eigenvalue weighted by atomic mass is 10.3. The highest BCUT2D eigenvalue weighted by atomic mass is 16.6. The highest BCUT2D eigenvalue weighted by molar-refractivity contribution is 5.91. The van der Waals surface area contributed by atoms with Gasteiger partial charge in [0.25, 0.3) is 18.1 Å². The molecular formula is C8H7N3O5. The highest BCUT2D eigenvalue weighted by Gasteiger charge is 2.10. The molecule has 0 aliphatic rings. The van der Waals surface area contributed by atoms with E-state index in [0.29, 0.717) is 0 Å². The van der Waals surface area contributed by atoms with Gasteiger partial charge in [-0.1, -0.05) is 0 Å². The summed E-state index contributed by atoms with van der Waals surface area (Å²) in [5.74, 6) is -0.779. The van der Waals surface area contributed by atoms with Crippen molar-refractivity contribution in [2.75, 3.05) is 11.9 Å². The average Bonchev–Trinajstić information content (AvgIpc) is 2.16. The van der Waals surface area contributed by atoms with Crippen LogP contribution in [0.1, 0.15) is 0 Å². The van der Waals surface area contributed by atoms with E-state index in [1.54, 1.807) is 0 Å². The maximum absolute atomic E-state index is 11.0. The number of carbonyl (C=O) groups excluding carboxylic acids is 1. The molecular weight excluding hydrogens is 218 g/mol. The van der Waals surface area contributed by atoms with Crippen molar-refractivity contribution in [1.82, 2.24) is 0 Å². The quantitative estimate of drug-likeness (QED) is 0.601. The first-order chi connectivity index (χ1) is 7.49. The molecule has 1 aromatic rings. The van der Waals surface area contributed by atoms with Crippen LogP contribution in [0.5, 0.6) is 0 Å². The largest absolute Gasteiger partial charge is 0.320 e. The fourth-order valence-corrected chi connectivity index (χ4v) is 0.984. The predicted octanol–water partition coefficient (Wildman–Crippen LogP) is 0.810. The molecule has 0 spiro atoms. The van der Waals surface area contributed by atoms with Gasteiger partial charge in [0.2, 0.25) is 0 Å². The molecule has 0 saturated heterocycles. The third kappa shape index (κ3) is 3.33. The number of benzene rings is 1. The third-order valence-electron chi connectivity index (χ3n) is 1.63. The Morgan fingerprint density at radius 1 is 1.19 bits per heavy atom. The maximum atomic E-state index is 11.0. The number of anilines is 1. The zero-order chi connectivity index (χ0) is 12.1. The van der Waals surface area contributed by atoms with Crippen LogP contribution in [0.3, 0.4) is 0 Å². The molecule has 16 heavy (non-hydrogen) atoms. The van der Waals surface area contributed by atoms with E-state index >= 15 is 0 Å². The van der Waals surface area contributed by atoms with Gasteiger partial charge in [0.1, 0.15) is 0 Å². The summed E-state index contributed by atoms with van der Waals surface area (Å²) in [5.41, 5.74) is 0.157. The molecule has 1 aromatic carbocycles. The molecule has 8 nitrogen and oxygen atoms in total. The van der Waals surface area contributed by atoms with E-state index in [-0.39, 0.29) is 11.4 Å². The molecule has 1 rings (SSSR count). The van der Waals surface area contributed by atoms with Crippen LogP contribution in [0.2, 0.25) is 0 Å². The van der Waals surface area contributed by atoms with Crippen molar-refractivity contribution in [3.63, 3.8) is 0 Å². The van der Waals surface area contributed by atoms with Crippen molar-refractivity contribution >= 4 is 17.3 Å². The van der Waals surface area contributed by atoms with Crippen LogP contribution >= 0.6 is 0 Å². The van der Waals surface area contributed by atoms with Gasteiger partial charge >= 0.3 is 0 Å². The topological polar surface area (TPSA) is 115 Å². The van der Waals surface area contributed by atoms with E-state index in [1.807, 2.05) is 0 Å². The van der Waals surface area contributed by atoms with Gasteiger partial charge in [-0.05, 0) is 12.1 Å². The fraction of sp³-hybridized carbons (Fsp3) is 0.125. The van der Waals surface area contributed by atoms with E-state index in [4.69, 9.17) is 0 Å². The minimum atomic E-state index is -0.836. The van der Waals surface area contributed by atoms with Crippen LogP contribution in [0.25, 0.3) is 0 Å². The predicted molar refractivity (Wildman–Crippen MR) is 53.6 cm³/mol. The second kappa shape index (κ2) is 4.82. The van der Waals surface area contributed by atoms with Gasteiger partial charge in [-0.2, -0.15) is 0 Å². The van der Waals surface area contributed by atoms with Crippen LogP contribution in [0.15, 0.2) is 24.3 Å². The molecule has 0 fully saturated rings. The normalized spacial score (nSPS) is 9.50. The first-order valence-electron chi connectivity index (χ1n) is 4.15. The Balaban J connectivity index is 2.65. The molecule has 1 N–H and O–H groups in total. The third-order valence-corrected chi connectivity index (χ3v) is 1.63. The maximum Gasteiger partial charge on any atom is 0.296 e. The molecule has 0 aliphatic heterocycles. The minimum absolute atomic E-state index is 0.118. The lowest BCUT2D eigenvalue weighted by molar-refractivity contribution is -0.467. The minimum Gasteiger partial charge on any atom is -0.320 e. The van der Waals surface area contributed by atoms with Gasteiger partial charge in [0.15, 0.2) is 0 Å². The van der Waals surface area contributed by atoms with Crippen LogP contribution in [-0.4, -0.2) is 22.3 Å². The number of rotatable bonds is 4. The second-order valence-corrected chi connectivity index (χ2v) is 2.84. The summed E-state index contributed by atoms with van der Waals surface area (Å²) >= 11 is 0. The van der Waals surface area contributed by atoms with Gasteiger partial charge in [-0.3, -0.25) is 25.0 Å².